The van der Waals surface area contributed by atoms with Crippen molar-refractivity contribution in [3.8, 4) is 0 Å². The molecule has 2 aromatic rings. The van der Waals surface area contributed by atoms with E-state index in [4.69, 9.17) is 14.0 Å². The van der Waals surface area contributed by atoms with E-state index in [1.807, 2.05) is 30.3 Å². The summed E-state index contributed by atoms with van der Waals surface area (Å²) in [5, 5.41) is 6.62. The van der Waals surface area contributed by atoms with Crippen LogP contribution in [0.15, 0.2) is 34.9 Å². The molecule has 0 bridgehead atoms. The molecule has 1 saturated heterocycles. The van der Waals surface area contributed by atoms with Crippen LogP contribution in [-0.2, 0) is 27.2 Å². The zero-order valence-corrected chi connectivity index (χ0v) is 13.4. The van der Waals surface area contributed by atoms with Crippen LogP contribution >= 0.6 is 0 Å². The van der Waals surface area contributed by atoms with Crippen LogP contribution in [0.5, 0.6) is 0 Å². The summed E-state index contributed by atoms with van der Waals surface area (Å²) in [5.74, 6) is 0.768. The number of benzene rings is 1. The van der Waals surface area contributed by atoms with Crippen LogP contribution in [0.3, 0.4) is 0 Å². The Morgan fingerprint density at radius 1 is 1.33 bits per heavy atom. The number of hydrogen-bond acceptors (Lipinski definition) is 6. The number of nitrogens with zero attached hydrogens (tertiary/aromatic N) is 2. The van der Waals surface area contributed by atoms with Crippen molar-refractivity contribution < 1.29 is 18.8 Å². The first kappa shape index (κ1) is 16.6. The molecular formula is C17H21N3O4. The molecule has 7 heteroatoms. The van der Waals surface area contributed by atoms with E-state index < -0.39 is 0 Å². The van der Waals surface area contributed by atoms with Gasteiger partial charge in [-0.15, -0.1) is 0 Å². The van der Waals surface area contributed by atoms with Gasteiger partial charge in [0.15, 0.2) is 5.82 Å². The van der Waals surface area contributed by atoms with Gasteiger partial charge in [-0.2, -0.15) is 4.98 Å². The second kappa shape index (κ2) is 8.56. The summed E-state index contributed by atoms with van der Waals surface area (Å²) in [5.41, 5.74) is 1.11. The first-order valence-corrected chi connectivity index (χ1v) is 8.11. The maximum atomic E-state index is 11.7. The minimum Gasteiger partial charge on any atom is -0.376 e. The standard InChI is InChI=1S/C17H21N3O4/c21-16(12-22-11-14-7-4-8-23-14)18-10-17-19-15(20-24-17)9-13-5-2-1-3-6-13/h1-3,5-6,14H,4,7-12H2,(H,18,21)/t14-/m0/s1. The smallest absolute Gasteiger partial charge is 0.246 e. The molecule has 128 valence electrons. The summed E-state index contributed by atoms with van der Waals surface area (Å²) in [6.07, 6.45) is 2.77. The largest absolute Gasteiger partial charge is 0.376 e. The van der Waals surface area contributed by atoms with E-state index in [0.717, 1.165) is 25.0 Å². The molecule has 0 spiro atoms. The molecule has 24 heavy (non-hydrogen) atoms. The fraction of sp³-hybridized carbons (Fsp3) is 0.471. The molecular weight excluding hydrogens is 310 g/mol. The first-order chi connectivity index (χ1) is 11.8. The molecule has 7 nitrogen and oxygen atoms in total. The molecule has 1 fully saturated rings. The van der Waals surface area contributed by atoms with Gasteiger partial charge in [0.2, 0.25) is 11.8 Å². The Balaban J connectivity index is 1.36. The third-order valence-electron chi connectivity index (χ3n) is 3.71. The Labute approximate surface area is 140 Å². The van der Waals surface area contributed by atoms with Crippen molar-refractivity contribution in [2.75, 3.05) is 19.8 Å². The van der Waals surface area contributed by atoms with E-state index in [0.29, 0.717) is 24.7 Å². The number of aromatic nitrogens is 2. The third kappa shape index (κ3) is 5.14. The summed E-state index contributed by atoms with van der Waals surface area (Å²) in [6, 6.07) is 9.90. The number of ether oxygens (including phenoxy) is 2. The fourth-order valence-corrected chi connectivity index (χ4v) is 2.50. The topological polar surface area (TPSA) is 86.5 Å². The lowest BCUT2D eigenvalue weighted by Crippen LogP contribution is -2.28. The van der Waals surface area contributed by atoms with Gasteiger partial charge < -0.3 is 19.3 Å². The summed E-state index contributed by atoms with van der Waals surface area (Å²) in [4.78, 5) is 16.0. The number of rotatable bonds is 8. The predicted molar refractivity (Wildman–Crippen MR) is 85.2 cm³/mol. The Bertz CT molecular complexity index is 638. The summed E-state index contributed by atoms with van der Waals surface area (Å²) < 4.78 is 15.9. The first-order valence-electron chi connectivity index (χ1n) is 8.11. The highest BCUT2D eigenvalue weighted by molar-refractivity contribution is 5.77. The minimum atomic E-state index is -0.212. The normalized spacial score (nSPS) is 17.1. The average Bonchev–Trinajstić information content (AvgIpc) is 3.26. The van der Waals surface area contributed by atoms with Crippen LogP contribution in [0.4, 0.5) is 0 Å². The zero-order chi connectivity index (χ0) is 16.6. The number of carbonyl (C=O) groups is 1. The highest BCUT2D eigenvalue weighted by Gasteiger charge is 2.16. The highest BCUT2D eigenvalue weighted by atomic mass is 16.5. The maximum absolute atomic E-state index is 11.7. The molecule has 1 aromatic carbocycles. The van der Waals surface area contributed by atoms with Gasteiger partial charge in [0.1, 0.15) is 6.61 Å². The predicted octanol–water partition coefficient (Wildman–Crippen LogP) is 1.47. The van der Waals surface area contributed by atoms with Gasteiger partial charge in [0.05, 0.1) is 19.3 Å². The maximum Gasteiger partial charge on any atom is 0.246 e. The van der Waals surface area contributed by atoms with Crippen LogP contribution < -0.4 is 5.32 Å². The van der Waals surface area contributed by atoms with E-state index in [1.165, 1.54) is 0 Å². The summed E-state index contributed by atoms with van der Waals surface area (Å²) >= 11 is 0. The fourth-order valence-electron chi connectivity index (χ4n) is 2.50. The van der Waals surface area contributed by atoms with Crippen molar-refractivity contribution in [3.05, 3.63) is 47.6 Å². The Morgan fingerprint density at radius 3 is 3.00 bits per heavy atom. The van der Waals surface area contributed by atoms with Gasteiger partial charge in [-0.1, -0.05) is 35.5 Å². The molecule has 2 heterocycles. The second-order valence-electron chi connectivity index (χ2n) is 5.69. The van der Waals surface area contributed by atoms with Crippen molar-refractivity contribution in [2.45, 2.75) is 31.9 Å². The van der Waals surface area contributed by atoms with E-state index in [-0.39, 0.29) is 25.2 Å². The van der Waals surface area contributed by atoms with Gasteiger partial charge in [-0.3, -0.25) is 4.79 Å². The monoisotopic (exact) mass is 331 g/mol. The quantitative estimate of drug-likeness (QED) is 0.788. The van der Waals surface area contributed by atoms with Gasteiger partial charge in [0, 0.05) is 13.0 Å². The van der Waals surface area contributed by atoms with E-state index in [1.54, 1.807) is 0 Å². The minimum absolute atomic E-state index is 0.00483. The Hall–Kier alpha value is -2.25. The van der Waals surface area contributed by atoms with Crippen molar-refractivity contribution >= 4 is 5.91 Å². The van der Waals surface area contributed by atoms with Crippen LogP contribution in [0.1, 0.15) is 30.1 Å². The van der Waals surface area contributed by atoms with Crippen LogP contribution in [0.25, 0.3) is 0 Å². The van der Waals surface area contributed by atoms with Crippen LogP contribution in [0.2, 0.25) is 0 Å². The molecule has 1 amide bonds. The lowest BCUT2D eigenvalue weighted by molar-refractivity contribution is -0.127. The summed E-state index contributed by atoms with van der Waals surface area (Å²) in [6.45, 7) is 1.44. The van der Waals surface area contributed by atoms with E-state index >= 15 is 0 Å². The zero-order valence-electron chi connectivity index (χ0n) is 13.4. The van der Waals surface area contributed by atoms with Gasteiger partial charge >= 0.3 is 0 Å². The average molecular weight is 331 g/mol. The molecule has 1 N–H and O–H groups in total. The molecule has 1 aliphatic rings. The molecule has 0 saturated carbocycles. The highest BCUT2D eigenvalue weighted by Crippen LogP contribution is 2.11. The second-order valence-corrected chi connectivity index (χ2v) is 5.69. The van der Waals surface area contributed by atoms with E-state index in [9.17, 15) is 4.79 Å². The molecule has 1 aromatic heterocycles. The van der Waals surface area contributed by atoms with Crippen molar-refractivity contribution in [2.24, 2.45) is 0 Å². The molecule has 1 atom stereocenters. The summed E-state index contributed by atoms with van der Waals surface area (Å²) in [7, 11) is 0. The molecule has 3 rings (SSSR count). The van der Waals surface area contributed by atoms with Gasteiger partial charge in [-0.05, 0) is 18.4 Å². The van der Waals surface area contributed by atoms with Gasteiger partial charge in [0.25, 0.3) is 0 Å². The lowest BCUT2D eigenvalue weighted by atomic mass is 10.1. The Kier molecular flexibility index (Phi) is 5.92. The lowest BCUT2D eigenvalue weighted by Gasteiger charge is -2.09. The van der Waals surface area contributed by atoms with Crippen LogP contribution in [0, 0.1) is 0 Å². The Morgan fingerprint density at radius 2 is 2.21 bits per heavy atom. The van der Waals surface area contributed by atoms with Gasteiger partial charge in [-0.25, -0.2) is 0 Å². The third-order valence-corrected chi connectivity index (χ3v) is 3.71. The number of carbonyl (C=O) groups excluding carboxylic acids is 1. The number of amides is 1. The number of hydrogen-bond donors (Lipinski definition) is 1. The van der Waals surface area contributed by atoms with Crippen molar-refractivity contribution in [1.82, 2.24) is 15.5 Å². The molecule has 1 aliphatic heterocycles. The van der Waals surface area contributed by atoms with E-state index in [2.05, 4.69) is 15.5 Å². The molecule has 0 radical (unpaired) electrons. The van der Waals surface area contributed by atoms with Crippen LogP contribution in [-0.4, -0.2) is 42.0 Å². The number of nitrogens with one attached hydrogen (secondary N) is 1. The SMILES string of the molecule is O=C(COC[C@@H]1CCCO1)NCc1nc(Cc2ccccc2)no1. The molecule has 0 unspecified atom stereocenters. The van der Waals surface area contributed by atoms with Crippen molar-refractivity contribution in [3.63, 3.8) is 0 Å². The molecule has 0 aliphatic carbocycles. The van der Waals surface area contributed by atoms with Crippen molar-refractivity contribution in [1.29, 1.82) is 0 Å².